The van der Waals surface area contributed by atoms with Crippen molar-refractivity contribution in [2.75, 3.05) is 26.0 Å². The molecular formula is C13H21ClN2O3S. The maximum atomic E-state index is 12.7. The molecule has 0 aromatic heterocycles. The summed E-state index contributed by atoms with van der Waals surface area (Å²) in [5, 5.41) is 0.386. The van der Waals surface area contributed by atoms with Crippen molar-refractivity contribution in [3.8, 4) is 0 Å². The van der Waals surface area contributed by atoms with Crippen LogP contribution in [-0.4, -0.2) is 39.0 Å². The van der Waals surface area contributed by atoms with Crippen LogP contribution in [0.1, 0.15) is 19.4 Å². The second-order valence-corrected chi connectivity index (χ2v) is 6.92. The molecular weight excluding hydrogens is 300 g/mol. The Morgan fingerprint density at radius 1 is 1.45 bits per heavy atom. The van der Waals surface area contributed by atoms with Crippen molar-refractivity contribution in [2.45, 2.75) is 31.7 Å². The molecule has 1 unspecified atom stereocenters. The van der Waals surface area contributed by atoms with Crippen LogP contribution in [0.2, 0.25) is 5.02 Å². The predicted octanol–water partition coefficient (Wildman–Crippen LogP) is 2.28. The zero-order valence-corrected chi connectivity index (χ0v) is 13.8. The number of ether oxygens (including phenoxy) is 1. The van der Waals surface area contributed by atoms with E-state index in [9.17, 15) is 8.42 Å². The lowest BCUT2D eigenvalue weighted by Crippen LogP contribution is -2.40. The second kappa shape index (κ2) is 6.76. The van der Waals surface area contributed by atoms with E-state index in [-0.39, 0.29) is 16.6 Å². The molecule has 5 nitrogen and oxygen atoms in total. The Morgan fingerprint density at radius 3 is 2.50 bits per heavy atom. The van der Waals surface area contributed by atoms with Crippen molar-refractivity contribution in [2.24, 2.45) is 0 Å². The van der Waals surface area contributed by atoms with E-state index in [4.69, 9.17) is 22.1 Å². The highest BCUT2D eigenvalue weighted by Gasteiger charge is 2.28. The van der Waals surface area contributed by atoms with E-state index in [0.29, 0.717) is 23.7 Å². The molecule has 114 valence electrons. The molecule has 0 spiro atoms. The average molecular weight is 321 g/mol. The summed E-state index contributed by atoms with van der Waals surface area (Å²) in [7, 11) is -2.08. The number of likely N-dealkylation sites (N-methyl/N-ethyl adjacent to an activating group) is 1. The topological polar surface area (TPSA) is 72.6 Å². The maximum Gasteiger partial charge on any atom is 0.243 e. The number of nitrogen functional groups attached to an aromatic ring is 1. The van der Waals surface area contributed by atoms with Crippen LogP contribution in [0.5, 0.6) is 0 Å². The monoisotopic (exact) mass is 320 g/mol. The number of anilines is 1. The molecule has 1 aromatic rings. The molecule has 0 heterocycles. The van der Waals surface area contributed by atoms with Gasteiger partial charge in [-0.1, -0.05) is 18.5 Å². The van der Waals surface area contributed by atoms with Gasteiger partial charge in [0.15, 0.2) is 0 Å². The van der Waals surface area contributed by atoms with Crippen molar-refractivity contribution in [3.05, 3.63) is 22.7 Å². The van der Waals surface area contributed by atoms with Gasteiger partial charge in [0.05, 0.1) is 22.2 Å². The number of hydrogen-bond donors (Lipinski definition) is 1. The number of benzene rings is 1. The summed E-state index contributed by atoms with van der Waals surface area (Å²) in [6.07, 6.45) is 0. The third kappa shape index (κ3) is 3.44. The van der Waals surface area contributed by atoms with Gasteiger partial charge in [-0.2, -0.15) is 4.31 Å². The highest BCUT2D eigenvalue weighted by atomic mass is 35.5. The molecule has 20 heavy (non-hydrogen) atoms. The summed E-state index contributed by atoms with van der Waals surface area (Å²) in [6, 6.07) is 2.68. The highest BCUT2D eigenvalue weighted by molar-refractivity contribution is 7.89. The lowest BCUT2D eigenvalue weighted by Gasteiger charge is -2.27. The summed E-state index contributed by atoms with van der Waals surface area (Å²) in [6.45, 7) is 6.00. The van der Waals surface area contributed by atoms with Crippen LogP contribution in [0.25, 0.3) is 0 Å². The highest BCUT2D eigenvalue weighted by Crippen LogP contribution is 2.29. The lowest BCUT2D eigenvalue weighted by atomic mass is 10.2. The molecule has 0 aliphatic carbocycles. The van der Waals surface area contributed by atoms with E-state index in [1.165, 1.54) is 16.4 Å². The molecule has 1 aromatic carbocycles. The minimum absolute atomic E-state index is 0.154. The van der Waals surface area contributed by atoms with E-state index in [1.807, 2.05) is 0 Å². The fraction of sp³-hybridized carbons (Fsp3) is 0.538. The molecule has 0 radical (unpaired) electrons. The summed E-state index contributed by atoms with van der Waals surface area (Å²) in [4.78, 5) is 0.154. The summed E-state index contributed by atoms with van der Waals surface area (Å²) >= 11 is 5.97. The van der Waals surface area contributed by atoms with Gasteiger partial charge in [0.1, 0.15) is 0 Å². The Bertz CT molecular complexity index is 552. The molecule has 0 bridgehead atoms. The number of hydrogen-bond acceptors (Lipinski definition) is 4. The average Bonchev–Trinajstić information content (AvgIpc) is 2.36. The number of nitrogens with zero attached hydrogens (tertiary/aromatic N) is 1. The molecule has 7 heteroatoms. The normalized spacial score (nSPS) is 13.7. The van der Waals surface area contributed by atoms with E-state index >= 15 is 0 Å². The van der Waals surface area contributed by atoms with Crippen molar-refractivity contribution < 1.29 is 13.2 Å². The molecule has 0 saturated carbocycles. The van der Waals surface area contributed by atoms with E-state index in [2.05, 4.69) is 0 Å². The van der Waals surface area contributed by atoms with Crippen molar-refractivity contribution in [3.63, 3.8) is 0 Å². The first kappa shape index (κ1) is 17.2. The first-order valence-corrected chi connectivity index (χ1v) is 8.13. The Kier molecular flexibility index (Phi) is 5.82. The second-order valence-electron chi connectivity index (χ2n) is 4.66. The van der Waals surface area contributed by atoms with Crippen LogP contribution in [0.15, 0.2) is 17.0 Å². The summed E-state index contributed by atoms with van der Waals surface area (Å²) in [5.74, 6) is 0. The van der Waals surface area contributed by atoms with Gasteiger partial charge in [0, 0.05) is 19.7 Å². The van der Waals surface area contributed by atoms with Gasteiger partial charge in [0.25, 0.3) is 0 Å². The van der Waals surface area contributed by atoms with Crippen LogP contribution in [-0.2, 0) is 14.8 Å². The van der Waals surface area contributed by atoms with Gasteiger partial charge in [-0.15, -0.1) is 0 Å². The summed E-state index contributed by atoms with van der Waals surface area (Å²) < 4.78 is 31.8. The number of sulfonamides is 1. The lowest BCUT2D eigenvalue weighted by molar-refractivity contribution is 0.142. The van der Waals surface area contributed by atoms with Crippen LogP contribution < -0.4 is 5.73 Å². The summed E-state index contributed by atoms with van der Waals surface area (Å²) in [5.41, 5.74) is 6.66. The molecule has 0 saturated heterocycles. The van der Waals surface area contributed by atoms with Crippen LogP contribution in [0.3, 0.4) is 0 Å². The number of halogens is 1. The minimum atomic E-state index is -3.62. The quantitative estimate of drug-likeness (QED) is 0.816. The predicted molar refractivity (Wildman–Crippen MR) is 81.5 cm³/mol. The van der Waals surface area contributed by atoms with Gasteiger partial charge >= 0.3 is 0 Å². The largest absolute Gasteiger partial charge is 0.397 e. The molecule has 0 fully saturated rings. The zero-order chi connectivity index (χ0) is 15.5. The van der Waals surface area contributed by atoms with Gasteiger partial charge in [-0.05, 0) is 31.5 Å². The first-order chi connectivity index (χ1) is 9.25. The van der Waals surface area contributed by atoms with Gasteiger partial charge < -0.3 is 10.5 Å². The molecule has 1 atom stereocenters. The molecule has 0 amide bonds. The number of rotatable bonds is 6. The molecule has 2 N–H and O–H groups in total. The number of methoxy groups -OCH3 is 1. The fourth-order valence-corrected chi connectivity index (χ4v) is 3.95. The Hall–Kier alpha value is -0.820. The van der Waals surface area contributed by atoms with E-state index in [0.717, 1.165) is 0 Å². The van der Waals surface area contributed by atoms with Gasteiger partial charge in [-0.25, -0.2) is 8.42 Å². The third-order valence-corrected chi connectivity index (χ3v) is 5.66. The van der Waals surface area contributed by atoms with Crippen molar-refractivity contribution >= 4 is 27.3 Å². The van der Waals surface area contributed by atoms with E-state index < -0.39 is 10.0 Å². The minimum Gasteiger partial charge on any atom is -0.397 e. The smallest absolute Gasteiger partial charge is 0.243 e. The third-order valence-electron chi connectivity index (χ3n) is 3.07. The van der Waals surface area contributed by atoms with Crippen LogP contribution >= 0.6 is 11.6 Å². The Morgan fingerprint density at radius 2 is 2.05 bits per heavy atom. The van der Waals surface area contributed by atoms with Crippen molar-refractivity contribution in [1.82, 2.24) is 4.31 Å². The van der Waals surface area contributed by atoms with Crippen LogP contribution in [0, 0.1) is 6.92 Å². The number of nitrogens with two attached hydrogens (primary N) is 1. The van der Waals surface area contributed by atoms with Gasteiger partial charge in [-0.3, -0.25) is 0 Å². The Balaban J connectivity index is 3.27. The zero-order valence-electron chi connectivity index (χ0n) is 12.2. The van der Waals surface area contributed by atoms with E-state index in [1.54, 1.807) is 27.9 Å². The number of aryl methyl sites for hydroxylation is 1. The van der Waals surface area contributed by atoms with Gasteiger partial charge in [0.2, 0.25) is 10.0 Å². The van der Waals surface area contributed by atoms with Crippen LogP contribution in [0.4, 0.5) is 5.69 Å². The van der Waals surface area contributed by atoms with Crippen molar-refractivity contribution in [1.29, 1.82) is 0 Å². The fourth-order valence-electron chi connectivity index (χ4n) is 2.09. The molecule has 1 rings (SSSR count). The molecule has 0 aliphatic rings. The molecule has 0 aliphatic heterocycles. The SMILES string of the molecule is CCN(C(C)COC)S(=O)(=O)c1cc(C)c(Cl)c(N)c1. The first-order valence-electron chi connectivity index (χ1n) is 6.32. The standard InChI is InChI=1S/C13H21ClN2O3S/c1-5-16(10(3)8-19-4)20(17,18)11-6-9(2)13(14)12(15)7-11/h6-7,10H,5,8,15H2,1-4H3. The Labute approximate surface area is 125 Å². The maximum absolute atomic E-state index is 12.7.